The van der Waals surface area contributed by atoms with Gasteiger partial charge in [0, 0.05) is 31.0 Å². The summed E-state index contributed by atoms with van der Waals surface area (Å²) >= 11 is 0. The number of nitrogens with zero attached hydrogens (tertiary/aromatic N) is 2. The number of hydrogen-bond acceptors (Lipinski definition) is 3. The number of aliphatic hydroxyl groups is 1. The fourth-order valence-electron chi connectivity index (χ4n) is 1.62. The van der Waals surface area contributed by atoms with E-state index in [4.69, 9.17) is 5.11 Å². The van der Waals surface area contributed by atoms with E-state index >= 15 is 0 Å². The molecule has 0 atom stereocenters. The van der Waals surface area contributed by atoms with Crippen LogP contribution in [-0.2, 0) is 6.54 Å². The van der Waals surface area contributed by atoms with Crippen molar-refractivity contribution in [2.75, 3.05) is 13.2 Å². The van der Waals surface area contributed by atoms with E-state index in [9.17, 15) is 4.79 Å². The van der Waals surface area contributed by atoms with Gasteiger partial charge in [-0.2, -0.15) is 0 Å². The Labute approximate surface area is 105 Å². The third-order valence-corrected chi connectivity index (χ3v) is 2.54. The van der Waals surface area contributed by atoms with Gasteiger partial charge in [-0.1, -0.05) is 12.1 Å². The molecular weight excluding hydrogens is 230 g/mol. The van der Waals surface area contributed by atoms with Crippen LogP contribution in [0.4, 0.5) is 0 Å². The first-order valence-corrected chi connectivity index (χ1v) is 5.73. The predicted octanol–water partition coefficient (Wildman–Crippen LogP) is 0.653. The third kappa shape index (κ3) is 3.18. The van der Waals surface area contributed by atoms with E-state index in [1.807, 2.05) is 22.9 Å². The molecule has 1 heterocycles. The van der Waals surface area contributed by atoms with Crippen LogP contribution in [0.15, 0.2) is 43.0 Å². The molecular formula is C13H15N3O2. The summed E-state index contributed by atoms with van der Waals surface area (Å²) in [5.74, 6) is -0.168. The second kappa shape index (κ2) is 5.97. The minimum Gasteiger partial charge on any atom is -0.395 e. The first kappa shape index (κ1) is 12.3. The molecule has 0 saturated carbocycles. The van der Waals surface area contributed by atoms with Crippen molar-refractivity contribution in [1.29, 1.82) is 0 Å². The lowest BCUT2D eigenvalue weighted by molar-refractivity contribution is 0.0945. The Morgan fingerprint density at radius 1 is 1.33 bits per heavy atom. The molecule has 94 valence electrons. The summed E-state index contributed by atoms with van der Waals surface area (Å²) in [6.07, 6.45) is 5.38. The van der Waals surface area contributed by atoms with Crippen LogP contribution < -0.4 is 5.32 Å². The lowest BCUT2D eigenvalue weighted by Crippen LogP contribution is -2.26. The predicted molar refractivity (Wildman–Crippen MR) is 67.2 cm³/mol. The smallest absolute Gasteiger partial charge is 0.251 e. The molecule has 0 bridgehead atoms. The number of nitrogens with one attached hydrogen (secondary N) is 1. The van der Waals surface area contributed by atoms with Gasteiger partial charge in [0.15, 0.2) is 0 Å². The molecule has 0 spiro atoms. The molecule has 5 heteroatoms. The lowest BCUT2D eigenvalue weighted by Gasteiger charge is -2.05. The van der Waals surface area contributed by atoms with Gasteiger partial charge in [-0.05, 0) is 17.7 Å². The van der Waals surface area contributed by atoms with Crippen molar-refractivity contribution >= 4 is 5.91 Å². The normalized spacial score (nSPS) is 10.3. The summed E-state index contributed by atoms with van der Waals surface area (Å²) < 4.78 is 1.96. The molecule has 0 saturated heterocycles. The van der Waals surface area contributed by atoms with Gasteiger partial charge in [-0.25, -0.2) is 4.98 Å². The average molecular weight is 245 g/mol. The molecule has 0 aliphatic carbocycles. The molecule has 1 amide bonds. The fraction of sp³-hybridized carbons (Fsp3) is 0.231. The molecule has 0 aliphatic heterocycles. The van der Waals surface area contributed by atoms with Gasteiger partial charge in [-0.15, -0.1) is 0 Å². The van der Waals surface area contributed by atoms with Crippen LogP contribution in [0.1, 0.15) is 15.9 Å². The highest BCUT2D eigenvalue weighted by Crippen LogP contribution is 2.06. The number of carbonyl (C=O) groups is 1. The topological polar surface area (TPSA) is 67.2 Å². The summed E-state index contributed by atoms with van der Waals surface area (Å²) in [4.78, 5) is 15.6. The quantitative estimate of drug-likeness (QED) is 0.813. The largest absolute Gasteiger partial charge is 0.395 e. The summed E-state index contributed by atoms with van der Waals surface area (Å²) in [6, 6.07) is 7.37. The number of aromatic nitrogens is 2. The third-order valence-electron chi connectivity index (χ3n) is 2.54. The molecule has 18 heavy (non-hydrogen) atoms. The number of imidazole rings is 1. The van der Waals surface area contributed by atoms with E-state index in [0.29, 0.717) is 5.56 Å². The zero-order valence-corrected chi connectivity index (χ0v) is 9.91. The van der Waals surface area contributed by atoms with Crippen LogP contribution in [0.3, 0.4) is 0 Å². The number of aliphatic hydroxyl groups excluding tert-OH is 1. The molecule has 1 aromatic carbocycles. The number of rotatable bonds is 5. The van der Waals surface area contributed by atoms with Gasteiger partial charge in [0.25, 0.3) is 5.91 Å². The minimum atomic E-state index is -0.168. The number of benzene rings is 1. The first-order chi connectivity index (χ1) is 8.79. The molecule has 0 fully saturated rings. The van der Waals surface area contributed by atoms with Crippen molar-refractivity contribution in [3.8, 4) is 0 Å². The standard InChI is InChI=1S/C13H15N3O2/c17-8-6-15-13(18)12-3-1-11(2-4-12)9-16-7-5-14-10-16/h1-5,7,10,17H,6,8-9H2,(H,15,18). The molecule has 5 nitrogen and oxygen atoms in total. The highest BCUT2D eigenvalue weighted by molar-refractivity contribution is 5.94. The van der Waals surface area contributed by atoms with Gasteiger partial charge >= 0.3 is 0 Å². The average Bonchev–Trinajstić information content (AvgIpc) is 2.89. The molecule has 1 aromatic heterocycles. The monoisotopic (exact) mass is 245 g/mol. The summed E-state index contributed by atoms with van der Waals surface area (Å²) in [5, 5.41) is 11.2. The molecule has 0 aliphatic rings. The first-order valence-electron chi connectivity index (χ1n) is 5.73. The van der Waals surface area contributed by atoms with Crippen molar-refractivity contribution in [1.82, 2.24) is 14.9 Å². The van der Waals surface area contributed by atoms with Gasteiger partial charge < -0.3 is 15.0 Å². The SMILES string of the molecule is O=C(NCCO)c1ccc(Cn2ccnc2)cc1. The Morgan fingerprint density at radius 3 is 2.72 bits per heavy atom. The highest BCUT2D eigenvalue weighted by Gasteiger charge is 2.04. The Bertz CT molecular complexity index is 491. The second-order valence-electron chi connectivity index (χ2n) is 3.91. The van der Waals surface area contributed by atoms with Gasteiger partial charge in [-0.3, -0.25) is 4.79 Å². The summed E-state index contributed by atoms with van der Waals surface area (Å²) in [5.41, 5.74) is 1.70. The number of amides is 1. The molecule has 2 aromatic rings. The fourth-order valence-corrected chi connectivity index (χ4v) is 1.62. The van der Waals surface area contributed by atoms with Crippen LogP contribution in [0.2, 0.25) is 0 Å². The molecule has 2 rings (SSSR count). The number of hydrogen-bond donors (Lipinski definition) is 2. The van der Waals surface area contributed by atoms with E-state index in [1.54, 1.807) is 24.7 Å². The van der Waals surface area contributed by atoms with E-state index in [2.05, 4.69) is 10.3 Å². The maximum Gasteiger partial charge on any atom is 0.251 e. The molecule has 0 radical (unpaired) electrons. The van der Waals surface area contributed by atoms with Crippen LogP contribution in [-0.4, -0.2) is 33.7 Å². The van der Waals surface area contributed by atoms with Crippen LogP contribution in [0.25, 0.3) is 0 Å². The van der Waals surface area contributed by atoms with Crippen molar-refractivity contribution < 1.29 is 9.90 Å². The van der Waals surface area contributed by atoms with Crippen molar-refractivity contribution in [3.63, 3.8) is 0 Å². The zero-order valence-electron chi connectivity index (χ0n) is 9.91. The van der Waals surface area contributed by atoms with E-state index in [0.717, 1.165) is 12.1 Å². The Morgan fingerprint density at radius 2 is 2.11 bits per heavy atom. The zero-order chi connectivity index (χ0) is 12.8. The van der Waals surface area contributed by atoms with Crippen LogP contribution >= 0.6 is 0 Å². The maximum absolute atomic E-state index is 11.6. The van der Waals surface area contributed by atoms with Crippen molar-refractivity contribution in [2.24, 2.45) is 0 Å². The van der Waals surface area contributed by atoms with E-state index in [1.165, 1.54) is 0 Å². The number of carbonyl (C=O) groups excluding carboxylic acids is 1. The molecule has 0 unspecified atom stereocenters. The minimum absolute atomic E-state index is 0.0511. The summed E-state index contributed by atoms with van der Waals surface area (Å²) in [7, 11) is 0. The van der Waals surface area contributed by atoms with Crippen molar-refractivity contribution in [2.45, 2.75) is 6.54 Å². The Balaban J connectivity index is 1.99. The summed E-state index contributed by atoms with van der Waals surface area (Å²) in [6.45, 7) is 0.957. The maximum atomic E-state index is 11.6. The Kier molecular flexibility index (Phi) is 4.09. The van der Waals surface area contributed by atoms with Crippen LogP contribution in [0, 0.1) is 0 Å². The van der Waals surface area contributed by atoms with Gasteiger partial charge in [0.2, 0.25) is 0 Å². The molecule has 2 N–H and O–H groups in total. The Hall–Kier alpha value is -2.14. The van der Waals surface area contributed by atoms with Gasteiger partial charge in [0.1, 0.15) is 0 Å². The highest BCUT2D eigenvalue weighted by atomic mass is 16.3. The van der Waals surface area contributed by atoms with Crippen molar-refractivity contribution in [3.05, 3.63) is 54.1 Å². The lowest BCUT2D eigenvalue weighted by atomic mass is 10.1. The van der Waals surface area contributed by atoms with Gasteiger partial charge in [0.05, 0.1) is 12.9 Å². The van der Waals surface area contributed by atoms with E-state index < -0.39 is 0 Å². The van der Waals surface area contributed by atoms with Crippen LogP contribution in [0.5, 0.6) is 0 Å². The van der Waals surface area contributed by atoms with E-state index in [-0.39, 0.29) is 19.1 Å². The second-order valence-corrected chi connectivity index (χ2v) is 3.91.